The van der Waals surface area contributed by atoms with Gasteiger partial charge in [-0.3, -0.25) is 4.98 Å². The predicted molar refractivity (Wildman–Crippen MR) is 133 cm³/mol. The number of rotatable bonds is 5. The van der Waals surface area contributed by atoms with Crippen LogP contribution in [0.25, 0.3) is 0 Å². The molecule has 1 aromatic heterocycles. The fourth-order valence-corrected chi connectivity index (χ4v) is 6.66. The third-order valence-electron chi connectivity index (χ3n) is 7.20. The van der Waals surface area contributed by atoms with Crippen molar-refractivity contribution in [2.75, 3.05) is 6.61 Å². The normalized spacial score (nSPS) is 21.7. The van der Waals surface area contributed by atoms with Gasteiger partial charge >= 0.3 is 5.97 Å². The number of aromatic nitrogens is 1. The fourth-order valence-electron chi connectivity index (χ4n) is 4.23. The molecule has 1 unspecified atom stereocenters. The molecule has 168 valence electrons. The Hall–Kier alpha value is -0.473. The molecule has 0 bridgehead atoms. The van der Waals surface area contributed by atoms with E-state index in [1.807, 2.05) is 6.92 Å². The highest BCUT2D eigenvalue weighted by Gasteiger charge is 2.45. The lowest BCUT2D eigenvalue weighted by atomic mass is 9.73. The summed E-state index contributed by atoms with van der Waals surface area (Å²) in [5, 5.41) is 0.128. The minimum Gasteiger partial charge on any atom is -0.462 e. The van der Waals surface area contributed by atoms with Crippen LogP contribution in [0.15, 0.2) is 0 Å². The fraction of sp³-hybridized carbons (Fsp3) is 0.750. The minimum absolute atomic E-state index is 0.0207. The highest BCUT2D eigenvalue weighted by molar-refractivity contribution is 14.1. The summed E-state index contributed by atoms with van der Waals surface area (Å²) in [5.74, 6) is 0.156. The van der Waals surface area contributed by atoms with Crippen LogP contribution in [0.1, 0.15) is 107 Å². The molecule has 2 aliphatic carbocycles. The molecule has 4 nitrogen and oxygen atoms in total. The maximum absolute atomic E-state index is 13.0. The first-order valence-corrected chi connectivity index (χ1v) is 15.3. The summed E-state index contributed by atoms with van der Waals surface area (Å²) >= 11 is 2.37. The van der Waals surface area contributed by atoms with Crippen molar-refractivity contribution in [1.29, 1.82) is 0 Å². The van der Waals surface area contributed by atoms with Gasteiger partial charge in [-0.1, -0.05) is 41.0 Å². The lowest BCUT2D eigenvalue weighted by Crippen LogP contribution is -2.44. The van der Waals surface area contributed by atoms with Crippen LogP contribution in [0.2, 0.25) is 18.1 Å². The van der Waals surface area contributed by atoms with E-state index in [-0.39, 0.29) is 22.5 Å². The van der Waals surface area contributed by atoms with Gasteiger partial charge in [0.15, 0.2) is 8.32 Å². The molecule has 1 atom stereocenters. The van der Waals surface area contributed by atoms with Gasteiger partial charge in [-0.2, -0.15) is 0 Å². The maximum atomic E-state index is 13.0. The Balaban J connectivity index is 2.15. The molecule has 2 aliphatic rings. The van der Waals surface area contributed by atoms with E-state index in [0.717, 1.165) is 46.2 Å². The van der Waals surface area contributed by atoms with Crippen LogP contribution in [0, 0.1) is 8.99 Å². The minimum atomic E-state index is -1.98. The number of carbonyl (C=O) groups excluding carboxylic acids is 1. The molecule has 0 spiro atoms. The summed E-state index contributed by atoms with van der Waals surface area (Å²) in [6, 6.07) is 0. The van der Waals surface area contributed by atoms with E-state index >= 15 is 0 Å². The van der Waals surface area contributed by atoms with Crippen molar-refractivity contribution in [3.63, 3.8) is 0 Å². The van der Waals surface area contributed by atoms with E-state index in [1.54, 1.807) is 0 Å². The first-order valence-electron chi connectivity index (χ1n) is 11.3. The van der Waals surface area contributed by atoms with Crippen molar-refractivity contribution >= 4 is 36.9 Å². The largest absolute Gasteiger partial charge is 0.462 e. The molecule has 0 saturated heterocycles. The summed E-state index contributed by atoms with van der Waals surface area (Å²) in [6.07, 6.45) is 5.30. The van der Waals surface area contributed by atoms with E-state index in [0.29, 0.717) is 18.1 Å². The average molecular weight is 544 g/mol. The van der Waals surface area contributed by atoms with Crippen molar-refractivity contribution in [3.8, 4) is 0 Å². The first kappa shape index (κ1) is 24.2. The third kappa shape index (κ3) is 4.65. The Morgan fingerprint density at radius 2 is 1.90 bits per heavy atom. The molecule has 0 N–H and O–H groups in total. The molecule has 1 saturated carbocycles. The number of halogens is 1. The standard InChI is InChI=1S/C24H38INO3Si/c1-9-28-22(27)19-20(25)18-16(26-21(19)15-11-10-12-15)13-24(5,6)14-17(18)29-30(7,8)23(2,3)4/h15,17H,9-14H2,1-8H3. The van der Waals surface area contributed by atoms with Gasteiger partial charge in [0.25, 0.3) is 0 Å². The molecule has 1 aromatic rings. The molecule has 30 heavy (non-hydrogen) atoms. The van der Waals surface area contributed by atoms with Gasteiger partial charge in [-0.25, -0.2) is 4.79 Å². The lowest BCUT2D eigenvalue weighted by molar-refractivity contribution is 0.0520. The van der Waals surface area contributed by atoms with E-state index in [2.05, 4.69) is 70.3 Å². The number of carbonyl (C=O) groups is 1. The molecule has 1 heterocycles. The second-order valence-electron chi connectivity index (χ2n) is 11.3. The average Bonchev–Trinajstić information content (AvgIpc) is 2.50. The number of nitrogens with zero attached hydrogens (tertiary/aromatic N) is 1. The van der Waals surface area contributed by atoms with E-state index in [9.17, 15) is 4.79 Å². The van der Waals surface area contributed by atoms with Crippen LogP contribution in [-0.2, 0) is 15.6 Å². The van der Waals surface area contributed by atoms with Gasteiger partial charge in [0.2, 0.25) is 0 Å². The highest BCUT2D eigenvalue weighted by atomic mass is 127. The van der Waals surface area contributed by atoms with Gasteiger partial charge in [-0.05, 0) is 78.7 Å². The molecule has 0 aromatic carbocycles. The lowest BCUT2D eigenvalue weighted by Gasteiger charge is -2.44. The van der Waals surface area contributed by atoms with Crippen molar-refractivity contribution in [1.82, 2.24) is 4.98 Å². The van der Waals surface area contributed by atoms with E-state index in [1.165, 1.54) is 6.42 Å². The Morgan fingerprint density at radius 3 is 2.40 bits per heavy atom. The molecule has 0 radical (unpaired) electrons. The van der Waals surface area contributed by atoms with E-state index < -0.39 is 8.32 Å². The van der Waals surface area contributed by atoms with Crippen LogP contribution in [-0.4, -0.2) is 25.9 Å². The SMILES string of the molecule is CCOC(=O)c1c(C2CCC2)nc2c(c1I)C(O[Si](C)(C)C(C)(C)C)CC(C)(C)C2. The second kappa shape index (κ2) is 8.47. The van der Waals surface area contributed by atoms with Crippen LogP contribution in [0.5, 0.6) is 0 Å². The summed E-state index contributed by atoms with van der Waals surface area (Å²) in [5.41, 5.74) is 4.06. The molecule has 0 amide bonds. The monoisotopic (exact) mass is 543 g/mol. The maximum Gasteiger partial charge on any atom is 0.341 e. The van der Waals surface area contributed by atoms with Crippen molar-refractivity contribution in [2.24, 2.45) is 5.41 Å². The topological polar surface area (TPSA) is 48.4 Å². The summed E-state index contributed by atoms with van der Waals surface area (Å²) < 4.78 is 13.4. The second-order valence-corrected chi connectivity index (χ2v) is 17.1. The smallest absolute Gasteiger partial charge is 0.341 e. The first-order chi connectivity index (χ1) is 13.8. The van der Waals surface area contributed by atoms with Crippen LogP contribution in [0.3, 0.4) is 0 Å². The molecule has 3 rings (SSSR count). The highest BCUT2D eigenvalue weighted by Crippen LogP contribution is 2.50. The molecule has 0 aliphatic heterocycles. The number of pyridine rings is 1. The number of fused-ring (bicyclic) bond motifs is 1. The number of esters is 1. The Bertz CT molecular complexity index is 825. The van der Waals surface area contributed by atoms with Crippen LogP contribution in [0.4, 0.5) is 0 Å². The van der Waals surface area contributed by atoms with Gasteiger partial charge in [0.05, 0.1) is 24.0 Å². The molecule has 6 heteroatoms. The molecular formula is C24H38INO3Si. The van der Waals surface area contributed by atoms with Gasteiger partial charge in [-0.15, -0.1) is 0 Å². The van der Waals surface area contributed by atoms with Crippen molar-refractivity contribution in [3.05, 3.63) is 26.1 Å². The van der Waals surface area contributed by atoms with Gasteiger partial charge < -0.3 is 9.16 Å². The predicted octanol–water partition coefficient (Wildman–Crippen LogP) is 7.17. The van der Waals surface area contributed by atoms with Gasteiger partial charge in [0.1, 0.15) is 0 Å². The number of hydrogen-bond acceptors (Lipinski definition) is 4. The zero-order valence-electron chi connectivity index (χ0n) is 19.9. The number of hydrogen-bond donors (Lipinski definition) is 0. The van der Waals surface area contributed by atoms with Crippen molar-refractivity contribution < 1.29 is 14.0 Å². The quantitative estimate of drug-likeness (QED) is 0.225. The Morgan fingerprint density at radius 1 is 1.27 bits per heavy atom. The Kier molecular flexibility index (Phi) is 6.82. The third-order valence-corrected chi connectivity index (χ3v) is 12.8. The summed E-state index contributed by atoms with van der Waals surface area (Å²) in [4.78, 5) is 18.2. The summed E-state index contributed by atoms with van der Waals surface area (Å²) in [6.45, 7) is 18.3. The zero-order chi connectivity index (χ0) is 22.5. The molecule has 1 fully saturated rings. The Labute approximate surface area is 197 Å². The van der Waals surface area contributed by atoms with Crippen molar-refractivity contribution in [2.45, 2.75) is 104 Å². The van der Waals surface area contributed by atoms with Crippen LogP contribution >= 0.6 is 22.6 Å². The van der Waals surface area contributed by atoms with Crippen LogP contribution < -0.4 is 0 Å². The number of ether oxygens (including phenoxy) is 1. The summed E-state index contributed by atoms with van der Waals surface area (Å²) in [7, 11) is -1.98. The van der Waals surface area contributed by atoms with E-state index in [4.69, 9.17) is 14.1 Å². The zero-order valence-corrected chi connectivity index (χ0v) is 23.1. The molecular weight excluding hydrogens is 505 g/mol. The van der Waals surface area contributed by atoms with Gasteiger partial charge in [0, 0.05) is 20.7 Å².